The summed E-state index contributed by atoms with van der Waals surface area (Å²) >= 11 is 0. The number of benzene rings is 2. The van der Waals surface area contributed by atoms with Gasteiger partial charge in [0.25, 0.3) is 10.0 Å². The third-order valence-electron chi connectivity index (χ3n) is 4.14. The van der Waals surface area contributed by atoms with Crippen LogP contribution in [0.4, 0.5) is 15.8 Å². The molecule has 2 aromatic rings. The molecule has 0 spiro atoms. The highest BCUT2D eigenvalue weighted by molar-refractivity contribution is 7.92. The molecule has 0 aliphatic rings. The van der Waals surface area contributed by atoms with Gasteiger partial charge in [0.1, 0.15) is 10.7 Å². The van der Waals surface area contributed by atoms with Crippen molar-refractivity contribution < 1.29 is 30.7 Å². The largest absolute Gasteiger partial charge is 0.493 e. The van der Waals surface area contributed by atoms with Crippen molar-refractivity contribution in [2.45, 2.75) is 29.6 Å². The standard InChI is InChI=1S/C18H24FN3O6S2/c1-4-5-8-21-14-7-6-12(29(20,23)24)9-15(14)22-30(25,26)18-11-17(28-3)16(27-2)10-13(18)19/h6-7,9-11,21-22H,4-5,8H2,1-3H3,(H2,20,23,24). The van der Waals surface area contributed by atoms with Crippen LogP contribution in [0, 0.1) is 5.82 Å². The monoisotopic (exact) mass is 461 g/mol. The molecular weight excluding hydrogens is 437 g/mol. The third-order valence-corrected chi connectivity index (χ3v) is 6.43. The van der Waals surface area contributed by atoms with E-state index in [2.05, 4.69) is 10.0 Å². The predicted molar refractivity (Wildman–Crippen MR) is 112 cm³/mol. The molecule has 0 atom stereocenters. The second kappa shape index (κ2) is 9.49. The normalized spacial score (nSPS) is 11.8. The van der Waals surface area contributed by atoms with Crippen LogP contribution < -0.4 is 24.7 Å². The van der Waals surface area contributed by atoms with E-state index < -0.39 is 30.8 Å². The maximum absolute atomic E-state index is 14.5. The Morgan fingerprint density at radius 1 is 1.00 bits per heavy atom. The first kappa shape index (κ1) is 23.7. The molecule has 0 saturated heterocycles. The van der Waals surface area contributed by atoms with Crippen LogP contribution in [0.2, 0.25) is 0 Å². The van der Waals surface area contributed by atoms with E-state index in [9.17, 15) is 21.2 Å². The molecule has 0 unspecified atom stereocenters. The summed E-state index contributed by atoms with van der Waals surface area (Å²) in [5.74, 6) is -1.03. The smallest absolute Gasteiger partial charge is 0.265 e. The van der Waals surface area contributed by atoms with Gasteiger partial charge in [0.05, 0.1) is 30.5 Å². The van der Waals surface area contributed by atoms with Crippen molar-refractivity contribution in [3.63, 3.8) is 0 Å². The van der Waals surface area contributed by atoms with Gasteiger partial charge in [-0.15, -0.1) is 0 Å². The number of unbranched alkanes of at least 4 members (excludes halogenated alkanes) is 1. The third kappa shape index (κ3) is 5.52. The summed E-state index contributed by atoms with van der Waals surface area (Å²) in [6, 6.07) is 5.56. The lowest BCUT2D eigenvalue weighted by Gasteiger charge is -2.16. The topological polar surface area (TPSA) is 137 Å². The number of nitrogens with two attached hydrogens (primary N) is 1. The molecular formula is C18H24FN3O6S2. The molecule has 0 radical (unpaired) electrons. The van der Waals surface area contributed by atoms with Gasteiger partial charge < -0.3 is 14.8 Å². The van der Waals surface area contributed by atoms with Crippen molar-refractivity contribution in [2.24, 2.45) is 5.14 Å². The minimum atomic E-state index is -4.45. The average Bonchev–Trinajstić information content (AvgIpc) is 2.67. The molecule has 30 heavy (non-hydrogen) atoms. The van der Waals surface area contributed by atoms with E-state index >= 15 is 0 Å². The molecule has 0 heterocycles. The Bertz CT molecular complexity index is 1120. The van der Waals surface area contributed by atoms with Crippen LogP contribution in [0.1, 0.15) is 19.8 Å². The summed E-state index contributed by atoms with van der Waals surface area (Å²) < 4.78 is 75.8. The van der Waals surface area contributed by atoms with Gasteiger partial charge in [-0.3, -0.25) is 4.72 Å². The Morgan fingerprint density at radius 2 is 1.63 bits per heavy atom. The number of rotatable bonds is 10. The molecule has 0 amide bonds. The average molecular weight is 462 g/mol. The first-order chi connectivity index (χ1) is 14.0. The molecule has 9 nitrogen and oxygen atoms in total. The van der Waals surface area contributed by atoms with Gasteiger partial charge in [-0.1, -0.05) is 13.3 Å². The number of hydrogen-bond acceptors (Lipinski definition) is 7. The van der Waals surface area contributed by atoms with Gasteiger partial charge in [0.2, 0.25) is 10.0 Å². The predicted octanol–water partition coefficient (Wildman–Crippen LogP) is 2.50. The fourth-order valence-corrected chi connectivity index (χ4v) is 4.27. The molecule has 12 heteroatoms. The maximum atomic E-state index is 14.5. The molecule has 0 fully saturated rings. The van der Waals surface area contributed by atoms with Crippen LogP contribution in [0.5, 0.6) is 11.5 Å². The zero-order chi connectivity index (χ0) is 22.5. The van der Waals surface area contributed by atoms with Crippen LogP contribution in [0.25, 0.3) is 0 Å². The van der Waals surface area contributed by atoms with Crippen molar-refractivity contribution in [3.05, 3.63) is 36.1 Å². The Kier molecular flexibility index (Phi) is 7.50. The lowest BCUT2D eigenvalue weighted by Crippen LogP contribution is -2.18. The van der Waals surface area contributed by atoms with Gasteiger partial charge in [-0.05, 0) is 24.6 Å². The van der Waals surface area contributed by atoms with Crippen molar-refractivity contribution in [1.82, 2.24) is 0 Å². The Labute approximate surface area is 175 Å². The molecule has 2 aromatic carbocycles. The van der Waals surface area contributed by atoms with E-state index in [1.807, 2.05) is 6.92 Å². The minimum Gasteiger partial charge on any atom is -0.493 e. The minimum absolute atomic E-state index is 0.0128. The quantitative estimate of drug-likeness (QED) is 0.462. The summed E-state index contributed by atoms with van der Waals surface area (Å²) in [6.45, 7) is 2.50. The molecule has 2 rings (SSSR count). The van der Waals surface area contributed by atoms with Crippen molar-refractivity contribution in [2.75, 3.05) is 30.8 Å². The van der Waals surface area contributed by atoms with E-state index in [4.69, 9.17) is 14.6 Å². The fourth-order valence-electron chi connectivity index (χ4n) is 2.58. The molecule has 0 aromatic heterocycles. The van der Waals surface area contributed by atoms with E-state index in [-0.39, 0.29) is 22.1 Å². The van der Waals surface area contributed by atoms with Crippen LogP contribution in [0.3, 0.4) is 0 Å². The van der Waals surface area contributed by atoms with Gasteiger partial charge in [0, 0.05) is 18.7 Å². The lowest BCUT2D eigenvalue weighted by atomic mass is 10.2. The summed E-state index contributed by atoms with van der Waals surface area (Å²) in [4.78, 5) is -0.991. The highest BCUT2D eigenvalue weighted by atomic mass is 32.2. The molecule has 0 bridgehead atoms. The van der Waals surface area contributed by atoms with E-state index in [1.165, 1.54) is 26.4 Å². The van der Waals surface area contributed by atoms with E-state index in [0.29, 0.717) is 12.2 Å². The fraction of sp³-hybridized carbons (Fsp3) is 0.333. The number of halogens is 1. The van der Waals surface area contributed by atoms with Crippen molar-refractivity contribution in [3.8, 4) is 11.5 Å². The first-order valence-electron chi connectivity index (χ1n) is 8.88. The second-order valence-electron chi connectivity index (χ2n) is 6.28. The van der Waals surface area contributed by atoms with Crippen LogP contribution in [0.15, 0.2) is 40.1 Å². The van der Waals surface area contributed by atoms with Crippen molar-refractivity contribution in [1.29, 1.82) is 0 Å². The van der Waals surface area contributed by atoms with Crippen LogP contribution in [-0.4, -0.2) is 37.6 Å². The summed E-state index contributed by atoms with van der Waals surface area (Å²) in [7, 11) is -5.97. The Morgan fingerprint density at radius 3 is 2.20 bits per heavy atom. The molecule has 0 saturated carbocycles. The van der Waals surface area contributed by atoms with Gasteiger partial charge in [-0.25, -0.2) is 26.4 Å². The zero-order valence-electron chi connectivity index (χ0n) is 16.7. The van der Waals surface area contributed by atoms with Gasteiger partial charge in [-0.2, -0.15) is 0 Å². The van der Waals surface area contributed by atoms with Crippen LogP contribution >= 0.6 is 0 Å². The Balaban J connectivity index is 2.53. The highest BCUT2D eigenvalue weighted by Gasteiger charge is 2.24. The van der Waals surface area contributed by atoms with Crippen molar-refractivity contribution >= 4 is 31.4 Å². The van der Waals surface area contributed by atoms with E-state index in [0.717, 1.165) is 31.0 Å². The number of primary sulfonamides is 1. The Hall–Kier alpha value is -2.57. The first-order valence-corrected chi connectivity index (χ1v) is 11.9. The highest BCUT2D eigenvalue weighted by Crippen LogP contribution is 2.34. The number of hydrogen-bond donors (Lipinski definition) is 3. The number of methoxy groups -OCH3 is 2. The summed E-state index contributed by atoms with van der Waals surface area (Å²) in [5.41, 5.74) is 0.229. The number of nitrogens with one attached hydrogen (secondary N) is 2. The number of ether oxygens (including phenoxy) is 2. The van der Waals surface area contributed by atoms with Crippen LogP contribution in [-0.2, 0) is 20.0 Å². The molecule has 0 aliphatic heterocycles. The number of anilines is 2. The number of sulfonamides is 2. The van der Waals surface area contributed by atoms with E-state index in [1.54, 1.807) is 0 Å². The van der Waals surface area contributed by atoms with Gasteiger partial charge >= 0.3 is 0 Å². The summed E-state index contributed by atoms with van der Waals surface area (Å²) in [5, 5.41) is 8.17. The maximum Gasteiger partial charge on any atom is 0.265 e. The zero-order valence-corrected chi connectivity index (χ0v) is 18.4. The SMILES string of the molecule is CCCCNc1ccc(S(N)(=O)=O)cc1NS(=O)(=O)c1cc(OC)c(OC)cc1F. The molecule has 0 aliphatic carbocycles. The van der Waals surface area contributed by atoms with Gasteiger partial charge in [0.15, 0.2) is 11.5 Å². The second-order valence-corrected chi connectivity index (χ2v) is 9.49. The lowest BCUT2D eigenvalue weighted by molar-refractivity contribution is 0.350. The molecule has 166 valence electrons. The molecule has 4 N–H and O–H groups in total. The summed E-state index contributed by atoms with van der Waals surface area (Å²) in [6.07, 6.45) is 1.69.